The van der Waals surface area contributed by atoms with E-state index in [4.69, 9.17) is 0 Å². The second-order valence-electron chi connectivity index (χ2n) is 7.83. The molecule has 0 atom stereocenters. The van der Waals surface area contributed by atoms with Gasteiger partial charge < -0.3 is 10.3 Å². The van der Waals surface area contributed by atoms with Crippen molar-refractivity contribution in [2.75, 3.05) is 11.1 Å². The predicted molar refractivity (Wildman–Crippen MR) is 132 cm³/mol. The highest BCUT2D eigenvalue weighted by molar-refractivity contribution is 7.99. The lowest BCUT2D eigenvalue weighted by molar-refractivity contribution is -0.113. The van der Waals surface area contributed by atoms with Crippen LogP contribution in [0.3, 0.4) is 0 Å². The lowest BCUT2D eigenvalue weighted by atomic mass is 10.1. The maximum atomic E-state index is 12.5. The molecule has 0 bridgehead atoms. The number of Topliss-reactive ketones (excluding diaryl/α,β-unsaturated/α-hetero) is 1. The van der Waals surface area contributed by atoms with Crippen LogP contribution in [0.25, 0.3) is 5.69 Å². The molecule has 3 N–H and O–H groups in total. The number of thioether (sulfide) groups is 1. The van der Waals surface area contributed by atoms with Gasteiger partial charge in [0.25, 0.3) is 5.56 Å². The Morgan fingerprint density at radius 3 is 2.49 bits per heavy atom. The van der Waals surface area contributed by atoms with Crippen molar-refractivity contribution in [3.63, 3.8) is 0 Å². The highest BCUT2D eigenvalue weighted by atomic mass is 32.2. The van der Waals surface area contributed by atoms with Crippen molar-refractivity contribution in [2.24, 2.45) is 0 Å². The molecule has 2 aromatic heterocycles. The van der Waals surface area contributed by atoms with Gasteiger partial charge in [-0.05, 0) is 55.8 Å². The quantitative estimate of drug-likeness (QED) is 0.254. The molecular weight excluding hydrogens is 468 g/mol. The first-order valence-corrected chi connectivity index (χ1v) is 11.6. The first kappa shape index (κ1) is 23.9. The summed E-state index contributed by atoms with van der Waals surface area (Å²) >= 11 is 1.20. The monoisotopic (exact) mass is 490 g/mol. The number of nitrogens with zero attached hydrogens (tertiary/aromatic N) is 3. The van der Waals surface area contributed by atoms with Crippen LogP contribution in [-0.4, -0.2) is 42.2 Å². The van der Waals surface area contributed by atoms with E-state index in [0.717, 1.165) is 11.3 Å². The third-order valence-electron chi connectivity index (χ3n) is 5.03. The average Bonchev–Trinajstić information content (AvgIpc) is 3.19. The molecule has 0 aliphatic carbocycles. The number of aromatic nitrogens is 5. The first-order valence-electron chi connectivity index (χ1n) is 10.7. The average molecular weight is 491 g/mol. The number of amides is 1. The number of nitrogens with one attached hydrogen (secondary N) is 3. The van der Waals surface area contributed by atoms with Crippen LogP contribution in [0, 0.1) is 6.92 Å². The summed E-state index contributed by atoms with van der Waals surface area (Å²) < 4.78 is 1.80. The number of anilines is 1. The molecule has 1 amide bonds. The first-order chi connectivity index (χ1) is 16.8. The second kappa shape index (κ2) is 10.3. The van der Waals surface area contributed by atoms with E-state index in [1.54, 1.807) is 28.8 Å². The van der Waals surface area contributed by atoms with Crippen LogP contribution in [0.2, 0.25) is 0 Å². The Morgan fingerprint density at radius 2 is 1.80 bits per heavy atom. The van der Waals surface area contributed by atoms with E-state index in [1.807, 2.05) is 31.2 Å². The number of rotatable bonds is 8. The zero-order valence-corrected chi connectivity index (χ0v) is 19.8. The third-order valence-corrected chi connectivity index (χ3v) is 5.96. The molecule has 10 nitrogen and oxygen atoms in total. The summed E-state index contributed by atoms with van der Waals surface area (Å²) in [5.41, 5.74) is 2.25. The van der Waals surface area contributed by atoms with E-state index >= 15 is 0 Å². The van der Waals surface area contributed by atoms with Crippen LogP contribution in [0.5, 0.6) is 0 Å². The number of carbonyl (C=O) groups is 2. The molecule has 11 heteroatoms. The Hall–Kier alpha value is -4.25. The molecule has 0 aliphatic rings. The molecule has 0 radical (unpaired) electrons. The molecule has 4 rings (SSSR count). The van der Waals surface area contributed by atoms with Crippen molar-refractivity contribution in [3.05, 3.63) is 98.1 Å². The standard InChI is InChI=1S/C24H22N6O4S/c1-14-4-3-5-19(10-14)30-20(11-18-12-21(32)27-23(34)26-18)28-29-24(30)35-13-22(33)25-17-8-6-16(7-9-17)15(2)31/h3-10,12H,11,13H2,1-2H3,(H,25,33)(H2,26,27,32,34). The van der Waals surface area contributed by atoms with E-state index in [9.17, 15) is 19.2 Å². The minimum Gasteiger partial charge on any atom is -0.325 e. The molecule has 2 aromatic carbocycles. The minimum absolute atomic E-state index is 0.0473. The van der Waals surface area contributed by atoms with Crippen molar-refractivity contribution >= 4 is 29.1 Å². The van der Waals surface area contributed by atoms with Gasteiger partial charge >= 0.3 is 5.69 Å². The molecule has 0 saturated heterocycles. The zero-order chi connectivity index (χ0) is 24.9. The predicted octanol–water partition coefficient (Wildman–Crippen LogP) is 2.48. The number of hydrogen-bond donors (Lipinski definition) is 3. The number of hydrogen-bond acceptors (Lipinski definition) is 7. The second-order valence-corrected chi connectivity index (χ2v) is 8.78. The fourth-order valence-corrected chi connectivity index (χ4v) is 4.21. The maximum absolute atomic E-state index is 12.5. The van der Waals surface area contributed by atoms with E-state index in [-0.39, 0.29) is 23.9 Å². The van der Waals surface area contributed by atoms with Crippen LogP contribution in [-0.2, 0) is 11.2 Å². The Labute approximate surface area is 203 Å². The molecule has 35 heavy (non-hydrogen) atoms. The lowest BCUT2D eigenvalue weighted by Crippen LogP contribution is -2.23. The summed E-state index contributed by atoms with van der Waals surface area (Å²) in [7, 11) is 0. The van der Waals surface area contributed by atoms with Crippen LogP contribution < -0.4 is 16.6 Å². The minimum atomic E-state index is -0.600. The summed E-state index contributed by atoms with van der Waals surface area (Å²) in [6, 6.07) is 15.7. The number of aromatic amines is 2. The smallest absolute Gasteiger partial charge is 0.325 e. The van der Waals surface area contributed by atoms with Gasteiger partial charge in [-0.2, -0.15) is 0 Å². The van der Waals surface area contributed by atoms with Gasteiger partial charge in [0.15, 0.2) is 10.9 Å². The topological polar surface area (TPSA) is 143 Å². The molecule has 4 aromatic rings. The lowest BCUT2D eigenvalue weighted by Gasteiger charge is -2.11. The van der Waals surface area contributed by atoms with Gasteiger partial charge in [0.2, 0.25) is 5.91 Å². The van der Waals surface area contributed by atoms with Crippen LogP contribution in [0.4, 0.5) is 5.69 Å². The number of ketones is 1. The molecular formula is C24H22N6O4S. The van der Waals surface area contributed by atoms with Crippen molar-refractivity contribution in [1.29, 1.82) is 0 Å². The van der Waals surface area contributed by atoms with Gasteiger partial charge in [0.05, 0.1) is 5.75 Å². The van der Waals surface area contributed by atoms with Crippen molar-refractivity contribution in [1.82, 2.24) is 24.7 Å². The number of benzene rings is 2. The summed E-state index contributed by atoms with van der Waals surface area (Å²) in [5.74, 6) is 0.276. The van der Waals surface area contributed by atoms with Gasteiger partial charge in [-0.25, -0.2) is 4.79 Å². The van der Waals surface area contributed by atoms with Crippen LogP contribution in [0.1, 0.15) is 34.4 Å². The van der Waals surface area contributed by atoms with Crippen LogP contribution >= 0.6 is 11.8 Å². The molecule has 0 aliphatic heterocycles. The third kappa shape index (κ3) is 6.01. The maximum Gasteiger partial charge on any atom is 0.325 e. The van der Waals surface area contributed by atoms with Gasteiger partial charge in [0.1, 0.15) is 5.82 Å². The fraction of sp³-hybridized carbons (Fsp3) is 0.167. The summed E-state index contributed by atoms with van der Waals surface area (Å²) in [5, 5.41) is 11.8. The SMILES string of the molecule is CC(=O)c1ccc(NC(=O)CSc2nnc(Cc3cc(=O)[nH]c(=O)[nH]3)n2-c2cccc(C)c2)cc1. The molecule has 0 spiro atoms. The Morgan fingerprint density at radius 1 is 1.03 bits per heavy atom. The molecule has 0 unspecified atom stereocenters. The number of aryl methyl sites for hydroxylation is 1. The highest BCUT2D eigenvalue weighted by Crippen LogP contribution is 2.24. The molecule has 0 fully saturated rings. The Bertz CT molecular complexity index is 1480. The van der Waals surface area contributed by atoms with Gasteiger partial charge in [-0.1, -0.05) is 23.9 Å². The van der Waals surface area contributed by atoms with Crippen LogP contribution in [0.15, 0.2) is 69.3 Å². The highest BCUT2D eigenvalue weighted by Gasteiger charge is 2.17. The largest absolute Gasteiger partial charge is 0.325 e. The number of H-pyrrole nitrogens is 2. The summed E-state index contributed by atoms with van der Waals surface area (Å²) in [4.78, 5) is 52.1. The van der Waals surface area contributed by atoms with Crippen molar-refractivity contribution in [2.45, 2.75) is 25.4 Å². The fourth-order valence-electron chi connectivity index (χ4n) is 3.44. The van der Waals surface area contributed by atoms with E-state index in [2.05, 4.69) is 25.5 Å². The normalized spacial score (nSPS) is 10.8. The molecule has 0 saturated carbocycles. The number of carbonyl (C=O) groups excluding carboxylic acids is 2. The van der Waals surface area contributed by atoms with Gasteiger partial charge in [-0.3, -0.25) is 23.9 Å². The Balaban J connectivity index is 1.56. The molecule has 178 valence electrons. The summed E-state index contributed by atoms with van der Waals surface area (Å²) in [6.07, 6.45) is 0.162. The zero-order valence-electron chi connectivity index (χ0n) is 19.0. The van der Waals surface area contributed by atoms with E-state index in [1.165, 1.54) is 24.8 Å². The Kier molecular flexibility index (Phi) is 7.06. The van der Waals surface area contributed by atoms with Gasteiger partial charge in [0, 0.05) is 35.1 Å². The van der Waals surface area contributed by atoms with E-state index < -0.39 is 11.2 Å². The summed E-state index contributed by atoms with van der Waals surface area (Å²) in [6.45, 7) is 3.44. The van der Waals surface area contributed by atoms with Crippen molar-refractivity contribution < 1.29 is 9.59 Å². The van der Waals surface area contributed by atoms with Crippen molar-refractivity contribution in [3.8, 4) is 5.69 Å². The molecule has 2 heterocycles. The van der Waals surface area contributed by atoms with Gasteiger partial charge in [-0.15, -0.1) is 10.2 Å². The van der Waals surface area contributed by atoms with E-state index in [0.29, 0.717) is 27.9 Å².